The van der Waals surface area contributed by atoms with E-state index in [1.165, 1.54) is 0 Å². The number of aromatic nitrogens is 3. The van der Waals surface area contributed by atoms with Gasteiger partial charge in [0.1, 0.15) is 5.83 Å². The smallest absolute Gasteiger partial charge is 0.350 e. The molecule has 0 radical (unpaired) electrons. The monoisotopic (exact) mass is 456 g/mol. The van der Waals surface area contributed by atoms with E-state index in [2.05, 4.69) is 10.00 Å². The van der Waals surface area contributed by atoms with Crippen molar-refractivity contribution in [3.8, 4) is 0 Å². The van der Waals surface area contributed by atoms with Crippen LogP contribution in [0.2, 0.25) is 0 Å². The quantitative estimate of drug-likeness (QED) is 0.578. The second-order valence-electron chi connectivity index (χ2n) is 9.60. The van der Waals surface area contributed by atoms with E-state index >= 15 is 0 Å². The summed E-state index contributed by atoms with van der Waals surface area (Å²) in [4.78, 5) is 15.1. The molecule has 178 valence electrons. The van der Waals surface area contributed by atoms with Crippen LogP contribution in [0.5, 0.6) is 0 Å². The SMILES string of the molecule is COCC1(OCC2=C(F)CCC=C2)CC2CCC(C1)N2CCCn1nc2ccccn2c1=O. The Morgan fingerprint density at radius 3 is 2.76 bits per heavy atom. The maximum absolute atomic E-state index is 14.2. The Morgan fingerprint density at radius 1 is 1.21 bits per heavy atom. The number of halogens is 1. The van der Waals surface area contributed by atoms with Crippen LogP contribution in [0.4, 0.5) is 4.39 Å². The molecule has 2 aromatic rings. The van der Waals surface area contributed by atoms with Crippen LogP contribution in [0, 0.1) is 0 Å². The van der Waals surface area contributed by atoms with Crippen molar-refractivity contribution >= 4 is 5.65 Å². The number of fused-ring (bicyclic) bond motifs is 3. The van der Waals surface area contributed by atoms with Crippen LogP contribution < -0.4 is 5.69 Å². The standard InChI is InChI=1S/C25H33FN4O3/c1-32-18-25(33-17-19-7-2-3-8-22(19)26)15-20-10-11-21(16-25)28(20)13-6-14-30-24(31)29-12-5-4-9-23(29)27-30/h2,4-5,7,9,12,20-21H,3,6,8,10-11,13-18H2,1H3. The maximum Gasteiger partial charge on any atom is 0.350 e. The molecule has 0 N–H and O–H groups in total. The van der Waals surface area contributed by atoms with Crippen molar-refractivity contribution in [2.75, 3.05) is 26.9 Å². The van der Waals surface area contributed by atoms with Gasteiger partial charge in [0.15, 0.2) is 5.65 Å². The van der Waals surface area contributed by atoms with Gasteiger partial charge in [0, 0.05) is 50.5 Å². The normalized spacial score (nSPS) is 27.7. The van der Waals surface area contributed by atoms with Crippen molar-refractivity contribution in [3.05, 3.63) is 58.4 Å². The van der Waals surface area contributed by atoms with Crippen molar-refractivity contribution < 1.29 is 13.9 Å². The minimum Gasteiger partial charge on any atom is -0.382 e. The molecule has 33 heavy (non-hydrogen) atoms. The molecule has 7 nitrogen and oxygen atoms in total. The molecule has 2 bridgehead atoms. The van der Waals surface area contributed by atoms with Crippen molar-refractivity contribution in [1.82, 2.24) is 19.1 Å². The molecule has 2 unspecified atom stereocenters. The number of hydrogen-bond donors (Lipinski definition) is 0. The molecule has 8 heteroatoms. The number of aryl methyl sites for hydroxylation is 1. The third-order valence-corrected chi connectivity index (χ3v) is 7.40. The number of piperidine rings is 1. The van der Waals surface area contributed by atoms with Crippen molar-refractivity contribution in [2.45, 2.75) is 69.2 Å². The van der Waals surface area contributed by atoms with Crippen LogP contribution in [0.15, 0.2) is 52.7 Å². The van der Waals surface area contributed by atoms with Gasteiger partial charge >= 0.3 is 5.69 Å². The third-order valence-electron chi connectivity index (χ3n) is 7.40. The molecule has 4 heterocycles. The predicted octanol–water partition coefficient (Wildman–Crippen LogP) is 3.49. The molecular formula is C25H33FN4O3. The number of pyridine rings is 1. The lowest BCUT2D eigenvalue weighted by Crippen LogP contribution is -2.54. The second kappa shape index (κ2) is 9.52. The highest BCUT2D eigenvalue weighted by molar-refractivity contribution is 5.35. The Balaban J connectivity index is 1.21. The van der Waals surface area contributed by atoms with E-state index in [4.69, 9.17) is 9.47 Å². The van der Waals surface area contributed by atoms with E-state index < -0.39 is 0 Å². The summed E-state index contributed by atoms with van der Waals surface area (Å²) in [6, 6.07) is 6.44. The molecule has 1 aliphatic carbocycles. The zero-order chi connectivity index (χ0) is 22.8. The van der Waals surface area contributed by atoms with Crippen molar-refractivity contribution in [3.63, 3.8) is 0 Å². The van der Waals surface area contributed by atoms with Gasteiger partial charge in [-0.15, -0.1) is 5.10 Å². The van der Waals surface area contributed by atoms with Gasteiger partial charge < -0.3 is 9.47 Å². The molecule has 0 saturated carbocycles. The van der Waals surface area contributed by atoms with Crippen LogP contribution >= 0.6 is 0 Å². The van der Waals surface area contributed by atoms with Crippen LogP contribution in [0.3, 0.4) is 0 Å². The van der Waals surface area contributed by atoms with Crippen LogP contribution in [-0.4, -0.2) is 63.6 Å². The molecule has 0 amide bonds. The van der Waals surface area contributed by atoms with Gasteiger partial charge in [-0.2, -0.15) is 0 Å². The molecule has 2 aliphatic heterocycles. The Kier molecular flexibility index (Phi) is 6.49. The van der Waals surface area contributed by atoms with Gasteiger partial charge in [0.25, 0.3) is 0 Å². The molecule has 2 fully saturated rings. The zero-order valence-electron chi connectivity index (χ0n) is 19.3. The van der Waals surface area contributed by atoms with Gasteiger partial charge in [-0.05, 0) is 50.7 Å². The Bertz CT molecular complexity index is 1090. The molecule has 5 rings (SSSR count). The van der Waals surface area contributed by atoms with E-state index in [0.29, 0.717) is 49.5 Å². The van der Waals surface area contributed by atoms with Crippen LogP contribution in [0.1, 0.15) is 44.9 Å². The Morgan fingerprint density at radius 2 is 2.03 bits per heavy atom. The van der Waals surface area contributed by atoms with E-state index in [9.17, 15) is 9.18 Å². The number of hydrogen-bond acceptors (Lipinski definition) is 5. The van der Waals surface area contributed by atoms with E-state index in [-0.39, 0.29) is 17.1 Å². The minimum atomic E-state index is -0.367. The molecule has 2 atom stereocenters. The van der Waals surface area contributed by atoms with Gasteiger partial charge in [0.2, 0.25) is 0 Å². The number of rotatable bonds is 9. The number of ether oxygens (including phenoxy) is 2. The first kappa shape index (κ1) is 22.5. The predicted molar refractivity (Wildman–Crippen MR) is 124 cm³/mol. The summed E-state index contributed by atoms with van der Waals surface area (Å²) < 4.78 is 29.3. The first-order valence-corrected chi connectivity index (χ1v) is 12.1. The zero-order valence-corrected chi connectivity index (χ0v) is 19.3. The average molecular weight is 457 g/mol. The maximum atomic E-state index is 14.2. The highest BCUT2D eigenvalue weighted by Crippen LogP contribution is 2.43. The van der Waals surface area contributed by atoms with E-state index in [0.717, 1.165) is 45.1 Å². The fraction of sp³-hybridized carbons (Fsp3) is 0.600. The highest BCUT2D eigenvalue weighted by Gasteiger charge is 2.49. The van der Waals surface area contributed by atoms with Crippen LogP contribution in [-0.2, 0) is 16.0 Å². The molecule has 3 aliphatic rings. The highest BCUT2D eigenvalue weighted by atomic mass is 19.1. The lowest BCUT2D eigenvalue weighted by atomic mass is 9.86. The Labute approximate surface area is 193 Å². The number of nitrogens with zero attached hydrogens (tertiary/aromatic N) is 4. The summed E-state index contributed by atoms with van der Waals surface area (Å²) in [6.45, 7) is 2.38. The van der Waals surface area contributed by atoms with E-state index in [1.54, 1.807) is 22.4 Å². The van der Waals surface area contributed by atoms with Gasteiger partial charge in [-0.3, -0.25) is 9.30 Å². The summed E-state index contributed by atoms with van der Waals surface area (Å²) in [5.41, 5.74) is 0.901. The fourth-order valence-electron chi connectivity index (χ4n) is 5.86. The largest absolute Gasteiger partial charge is 0.382 e. The average Bonchev–Trinajstić information content (AvgIpc) is 3.26. The van der Waals surface area contributed by atoms with Crippen molar-refractivity contribution in [1.29, 1.82) is 0 Å². The summed E-state index contributed by atoms with van der Waals surface area (Å²) >= 11 is 0. The second-order valence-corrected chi connectivity index (χ2v) is 9.60. The van der Waals surface area contributed by atoms with E-state index in [1.807, 2.05) is 30.4 Å². The lowest BCUT2D eigenvalue weighted by Gasteiger charge is -2.46. The molecule has 2 aromatic heterocycles. The molecular weight excluding hydrogens is 423 g/mol. The first-order valence-electron chi connectivity index (χ1n) is 12.1. The summed E-state index contributed by atoms with van der Waals surface area (Å²) in [5.74, 6) is -0.0485. The van der Waals surface area contributed by atoms with Gasteiger partial charge in [0.05, 0.1) is 18.8 Å². The van der Waals surface area contributed by atoms with Gasteiger partial charge in [-0.1, -0.05) is 18.2 Å². The minimum absolute atomic E-state index is 0.0485. The van der Waals surface area contributed by atoms with Crippen molar-refractivity contribution in [2.24, 2.45) is 0 Å². The lowest BCUT2D eigenvalue weighted by molar-refractivity contribution is -0.129. The number of methoxy groups -OCH3 is 1. The molecule has 0 aromatic carbocycles. The number of allylic oxidation sites excluding steroid dienone is 2. The van der Waals surface area contributed by atoms with Gasteiger partial charge in [-0.25, -0.2) is 13.9 Å². The fourth-order valence-corrected chi connectivity index (χ4v) is 5.86. The first-order chi connectivity index (χ1) is 16.1. The molecule has 2 saturated heterocycles. The Hall–Kier alpha value is -2.29. The summed E-state index contributed by atoms with van der Waals surface area (Å²) in [7, 11) is 1.71. The summed E-state index contributed by atoms with van der Waals surface area (Å²) in [5, 5.41) is 4.44. The van der Waals surface area contributed by atoms with Crippen LogP contribution in [0.25, 0.3) is 5.65 Å². The summed E-state index contributed by atoms with van der Waals surface area (Å²) in [6.07, 6.45) is 11.8. The topological polar surface area (TPSA) is 61.0 Å². The third kappa shape index (κ3) is 4.56. The molecule has 0 spiro atoms.